The SMILES string of the molecule is O=C(c1cc(-c2ccc(Br)cc2)n[nH]1)N1CCC2(CCNC2)CC1. The van der Waals surface area contributed by atoms with E-state index in [2.05, 4.69) is 31.4 Å². The van der Waals surface area contributed by atoms with Gasteiger partial charge in [0.2, 0.25) is 0 Å². The number of piperidine rings is 1. The summed E-state index contributed by atoms with van der Waals surface area (Å²) in [7, 11) is 0. The summed E-state index contributed by atoms with van der Waals surface area (Å²) in [6.07, 6.45) is 3.44. The van der Waals surface area contributed by atoms with Crippen LogP contribution in [0.4, 0.5) is 0 Å². The number of rotatable bonds is 2. The predicted octanol–water partition coefficient (Wildman–Crippen LogP) is 3.05. The molecule has 2 aliphatic heterocycles. The van der Waals surface area contributed by atoms with Crippen LogP contribution in [0.1, 0.15) is 29.8 Å². The zero-order chi connectivity index (χ0) is 16.6. The van der Waals surface area contributed by atoms with E-state index in [0.717, 1.165) is 54.8 Å². The Hall–Kier alpha value is -1.66. The van der Waals surface area contributed by atoms with Crippen molar-refractivity contribution in [2.75, 3.05) is 26.2 Å². The number of nitrogens with one attached hydrogen (secondary N) is 2. The Morgan fingerprint density at radius 1 is 1.17 bits per heavy atom. The Kier molecular flexibility index (Phi) is 4.18. The molecule has 24 heavy (non-hydrogen) atoms. The molecule has 6 heteroatoms. The van der Waals surface area contributed by atoms with Crippen LogP contribution in [-0.4, -0.2) is 47.2 Å². The van der Waals surface area contributed by atoms with Crippen LogP contribution >= 0.6 is 15.9 Å². The van der Waals surface area contributed by atoms with Gasteiger partial charge in [0.05, 0.1) is 5.69 Å². The third-order valence-corrected chi connectivity index (χ3v) is 5.92. The summed E-state index contributed by atoms with van der Waals surface area (Å²) in [5.41, 5.74) is 2.81. The van der Waals surface area contributed by atoms with Crippen LogP contribution in [0.15, 0.2) is 34.8 Å². The molecule has 2 saturated heterocycles. The van der Waals surface area contributed by atoms with E-state index in [1.54, 1.807) is 0 Å². The molecule has 0 bridgehead atoms. The van der Waals surface area contributed by atoms with Gasteiger partial charge < -0.3 is 10.2 Å². The minimum atomic E-state index is 0.0617. The van der Waals surface area contributed by atoms with Crippen molar-refractivity contribution in [3.05, 3.63) is 40.5 Å². The fraction of sp³-hybridized carbons (Fsp3) is 0.444. The van der Waals surface area contributed by atoms with E-state index in [1.165, 1.54) is 6.42 Å². The van der Waals surface area contributed by atoms with Crippen molar-refractivity contribution in [1.29, 1.82) is 0 Å². The number of aromatic nitrogens is 2. The molecule has 0 atom stereocenters. The van der Waals surface area contributed by atoms with Crippen molar-refractivity contribution in [3.8, 4) is 11.3 Å². The van der Waals surface area contributed by atoms with Crippen LogP contribution in [0.25, 0.3) is 11.3 Å². The normalized spacial score (nSPS) is 19.8. The Bertz CT molecular complexity index is 724. The number of carbonyl (C=O) groups is 1. The quantitative estimate of drug-likeness (QED) is 0.830. The molecule has 5 nitrogen and oxygen atoms in total. The second kappa shape index (κ2) is 6.33. The lowest BCUT2D eigenvalue weighted by Crippen LogP contribution is -2.44. The maximum atomic E-state index is 12.7. The molecule has 0 aliphatic carbocycles. The largest absolute Gasteiger partial charge is 0.337 e. The van der Waals surface area contributed by atoms with Gasteiger partial charge in [0, 0.05) is 29.7 Å². The highest BCUT2D eigenvalue weighted by Crippen LogP contribution is 2.37. The van der Waals surface area contributed by atoms with Crippen LogP contribution in [0.2, 0.25) is 0 Å². The number of hydrogen-bond donors (Lipinski definition) is 2. The van der Waals surface area contributed by atoms with E-state index >= 15 is 0 Å². The van der Waals surface area contributed by atoms with Gasteiger partial charge in [-0.2, -0.15) is 5.10 Å². The molecule has 4 rings (SSSR count). The summed E-state index contributed by atoms with van der Waals surface area (Å²) in [4.78, 5) is 14.7. The number of halogens is 1. The molecule has 2 aromatic rings. The first kappa shape index (κ1) is 15.8. The number of benzene rings is 1. The lowest BCUT2D eigenvalue weighted by atomic mass is 9.78. The Balaban J connectivity index is 1.45. The number of likely N-dealkylation sites (tertiary alicyclic amines) is 1. The number of carbonyl (C=O) groups excluding carboxylic acids is 1. The average Bonchev–Trinajstić information content (AvgIpc) is 3.26. The van der Waals surface area contributed by atoms with Crippen molar-refractivity contribution >= 4 is 21.8 Å². The first-order valence-corrected chi connectivity index (χ1v) is 9.26. The second-order valence-corrected chi connectivity index (χ2v) is 7.81. The van der Waals surface area contributed by atoms with Gasteiger partial charge in [-0.1, -0.05) is 28.1 Å². The van der Waals surface area contributed by atoms with Crippen LogP contribution in [-0.2, 0) is 0 Å². The van der Waals surface area contributed by atoms with E-state index < -0.39 is 0 Å². The standard InChI is InChI=1S/C18H21BrN4O/c19-14-3-1-13(2-4-14)15-11-16(22-21-15)17(24)23-9-6-18(7-10-23)5-8-20-12-18/h1-4,11,20H,5-10,12H2,(H,21,22). The molecule has 2 N–H and O–H groups in total. The maximum absolute atomic E-state index is 12.7. The van der Waals surface area contributed by atoms with E-state index in [0.29, 0.717) is 11.1 Å². The van der Waals surface area contributed by atoms with Crippen molar-refractivity contribution < 1.29 is 4.79 Å². The molecular formula is C18H21BrN4O. The number of hydrogen-bond acceptors (Lipinski definition) is 3. The molecule has 1 amide bonds. The Morgan fingerprint density at radius 3 is 2.58 bits per heavy atom. The zero-order valence-corrected chi connectivity index (χ0v) is 15.1. The van der Waals surface area contributed by atoms with Gasteiger partial charge in [-0.15, -0.1) is 0 Å². The molecular weight excluding hydrogens is 368 g/mol. The summed E-state index contributed by atoms with van der Waals surface area (Å²) >= 11 is 3.43. The highest BCUT2D eigenvalue weighted by atomic mass is 79.9. The Labute approximate surface area is 149 Å². The second-order valence-electron chi connectivity index (χ2n) is 6.89. The summed E-state index contributed by atoms with van der Waals surface area (Å²) in [6.45, 7) is 3.90. The van der Waals surface area contributed by atoms with Gasteiger partial charge in [0.1, 0.15) is 5.69 Å². The molecule has 1 spiro atoms. The topological polar surface area (TPSA) is 61.0 Å². The summed E-state index contributed by atoms with van der Waals surface area (Å²) in [5, 5.41) is 10.7. The highest BCUT2D eigenvalue weighted by molar-refractivity contribution is 9.10. The van der Waals surface area contributed by atoms with Crippen LogP contribution in [0.3, 0.4) is 0 Å². The molecule has 1 aromatic carbocycles. The van der Waals surface area contributed by atoms with Crippen molar-refractivity contribution in [1.82, 2.24) is 20.4 Å². The molecule has 2 aliphatic rings. The predicted molar refractivity (Wildman–Crippen MR) is 96.8 cm³/mol. The van der Waals surface area contributed by atoms with E-state index in [4.69, 9.17) is 0 Å². The molecule has 1 aromatic heterocycles. The van der Waals surface area contributed by atoms with Crippen molar-refractivity contribution in [3.63, 3.8) is 0 Å². The number of H-pyrrole nitrogens is 1. The Morgan fingerprint density at radius 2 is 1.92 bits per heavy atom. The van der Waals surface area contributed by atoms with E-state index in [-0.39, 0.29) is 5.91 Å². The summed E-state index contributed by atoms with van der Waals surface area (Å²) in [5.74, 6) is 0.0617. The van der Waals surface area contributed by atoms with Gasteiger partial charge >= 0.3 is 0 Å². The van der Waals surface area contributed by atoms with Crippen molar-refractivity contribution in [2.45, 2.75) is 19.3 Å². The smallest absolute Gasteiger partial charge is 0.271 e. The first-order valence-electron chi connectivity index (χ1n) is 8.47. The first-order chi connectivity index (χ1) is 11.7. The summed E-state index contributed by atoms with van der Waals surface area (Å²) in [6, 6.07) is 9.79. The minimum Gasteiger partial charge on any atom is -0.337 e. The fourth-order valence-electron chi connectivity index (χ4n) is 3.78. The molecule has 2 fully saturated rings. The molecule has 0 radical (unpaired) electrons. The lowest BCUT2D eigenvalue weighted by molar-refractivity contribution is 0.0602. The minimum absolute atomic E-state index is 0.0617. The van der Waals surface area contributed by atoms with Crippen LogP contribution in [0.5, 0.6) is 0 Å². The number of amides is 1. The van der Waals surface area contributed by atoms with Crippen molar-refractivity contribution in [2.24, 2.45) is 5.41 Å². The number of aromatic amines is 1. The van der Waals surface area contributed by atoms with Gasteiger partial charge in [-0.05, 0) is 49.4 Å². The fourth-order valence-corrected chi connectivity index (χ4v) is 4.04. The van der Waals surface area contributed by atoms with Gasteiger partial charge in [0.25, 0.3) is 5.91 Å². The lowest BCUT2D eigenvalue weighted by Gasteiger charge is -2.38. The third-order valence-electron chi connectivity index (χ3n) is 5.39. The van der Waals surface area contributed by atoms with Gasteiger partial charge in [-0.3, -0.25) is 9.89 Å². The number of nitrogens with zero attached hydrogens (tertiary/aromatic N) is 2. The van der Waals surface area contributed by atoms with E-state index in [9.17, 15) is 4.79 Å². The molecule has 0 saturated carbocycles. The highest BCUT2D eigenvalue weighted by Gasteiger charge is 2.38. The third kappa shape index (κ3) is 3.00. The van der Waals surface area contributed by atoms with Crippen LogP contribution < -0.4 is 5.32 Å². The van der Waals surface area contributed by atoms with Gasteiger partial charge in [0.15, 0.2) is 0 Å². The summed E-state index contributed by atoms with van der Waals surface area (Å²) < 4.78 is 1.03. The molecule has 0 unspecified atom stereocenters. The molecule has 126 valence electrons. The van der Waals surface area contributed by atoms with E-state index in [1.807, 2.05) is 35.2 Å². The van der Waals surface area contributed by atoms with Gasteiger partial charge in [-0.25, -0.2) is 0 Å². The average molecular weight is 389 g/mol. The molecule has 3 heterocycles. The van der Waals surface area contributed by atoms with Crippen LogP contribution in [0, 0.1) is 5.41 Å². The monoisotopic (exact) mass is 388 g/mol. The zero-order valence-electron chi connectivity index (χ0n) is 13.5. The maximum Gasteiger partial charge on any atom is 0.271 e.